The maximum absolute atomic E-state index is 13.0. The van der Waals surface area contributed by atoms with Gasteiger partial charge in [0.2, 0.25) is 0 Å². The van der Waals surface area contributed by atoms with E-state index in [1.54, 1.807) is 0 Å². The third kappa shape index (κ3) is 4.76. The molecule has 30 heavy (non-hydrogen) atoms. The third-order valence-electron chi connectivity index (χ3n) is 5.44. The van der Waals surface area contributed by atoms with Crippen LogP contribution >= 0.6 is 0 Å². The molecule has 4 rings (SSSR count). The van der Waals surface area contributed by atoms with Crippen LogP contribution in [0.5, 0.6) is 0 Å². The van der Waals surface area contributed by atoms with Gasteiger partial charge in [-0.05, 0) is 24.6 Å². The van der Waals surface area contributed by atoms with Gasteiger partial charge in [-0.15, -0.1) is 0 Å². The van der Waals surface area contributed by atoms with E-state index in [1.807, 2.05) is 47.8 Å². The highest BCUT2D eigenvalue weighted by Crippen LogP contribution is 2.15. The summed E-state index contributed by atoms with van der Waals surface area (Å²) in [6.07, 6.45) is 6.54. The molecule has 0 unspecified atom stereocenters. The number of nitrogens with one attached hydrogen (secondary N) is 1. The van der Waals surface area contributed by atoms with Crippen molar-refractivity contribution >= 4 is 5.91 Å². The van der Waals surface area contributed by atoms with E-state index in [0.717, 1.165) is 49.8 Å². The third-order valence-corrected chi connectivity index (χ3v) is 5.44. The number of aromatic amines is 1. The normalized spacial score (nSPS) is 15.5. The molecule has 1 N–H and O–H groups in total. The quantitative estimate of drug-likeness (QED) is 0.679. The van der Waals surface area contributed by atoms with Gasteiger partial charge in [-0.25, -0.2) is 4.98 Å². The minimum absolute atomic E-state index is 0.00750. The van der Waals surface area contributed by atoms with Gasteiger partial charge in [-0.1, -0.05) is 19.9 Å². The van der Waals surface area contributed by atoms with Gasteiger partial charge in [0, 0.05) is 57.2 Å². The molecular formula is C22H29N7O. The molecule has 8 heteroatoms. The molecule has 3 aromatic heterocycles. The largest absolute Gasteiger partial charge is 0.336 e. The lowest BCUT2D eigenvalue weighted by atomic mass is 10.2. The number of rotatable bonds is 6. The van der Waals surface area contributed by atoms with Crippen LogP contribution in [-0.2, 0) is 13.1 Å². The summed E-state index contributed by atoms with van der Waals surface area (Å²) in [5, 5.41) is 7.31. The molecule has 1 saturated heterocycles. The molecule has 158 valence electrons. The van der Waals surface area contributed by atoms with Crippen molar-refractivity contribution in [1.82, 2.24) is 34.5 Å². The Morgan fingerprint density at radius 2 is 2.00 bits per heavy atom. The summed E-state index contributed by atoms with van der Waals surface area (Å²) < 4.78 is 2.09. The Kier molecular flexibility index (Phi) is 6.23. The molecule has 0 atom stereocenters. The number of pyridine rings is 1. The molecule has 1 fully saturated rings. The summed E-state index contributed by atoms with van der Waals surface area (Å²) in [5.41, 5.74) is 2.45. The second-order valence-electron chi connectivity index (χ2n) is 8.09. The number of hydrogen-bond acceptors (Lipinski definition) is 5. The molecule has 0 radical (unpaired) electrons. The van der Waals surface area contributed by atoms with E-state index in [4.69, 9.17) is 0 Å². The Bertz CT molecular complexity index is 963. The first kappa shape index (κ1) is 20.3. The van der Waals surface area contributed by atoms with E-state index in [2.05, 4.69) is 43.5 Å². The zero-order valence-corrected chi connectivity index (χ0v) is 17.7. The molecule has 1 aliphatic rings. The van der Waals surface area contributed by atoms with E-state index < -0.39 is 0 Å². The molecule has 0 bridgehead atoms. The van der Waals surface area contributed by atoms with Crippen molar-refractivity contribution in [1.29, 1.82) is 0 Å². The van der Waals surface area contributed by atoms with Crippen LogP contribution in [0.4, 0.5) is 0 Å². The van der Waals surface area contributed by atoms with Gasteiger partial charge < -0.3 is 9.47 Å². The zero-order valence-electron chi connectivity index (χ0n) is 17.7. The van der Waals surface area contributed by atoms with Crippen LogP contribution < -0.4 is 0 Å². The topological polar surface area (TPSA) is 82.9 Å². The summed E-state index contributed by atoms with van der Waals surface area (Å²) in [6.45, 7) is 8.95. The van der Waals surface area contributed by atoms with Gasteiger partial charge >= 0.3 is 0 Å². The zero-order chi connectivity index (χ0) is 20.9. The second-order valence-corrected chi connectivity index (χ2v) is 8.09. The monoisotopic (exact) mass is 407 g/mol. The Morgan fingerprint density at radius 1 is 1.10 bits per heavy atom. The van der Waals surface area contributed by atoms with Gasteiger partial charge in [-0.2, -0.15) is 5.10 Å². The number of hydrogen-bond donors (Lipinski definition) is 1. The Labute approximate surface area is 176 Å². The molecule has 3 aromatic rings. The molecular weight excluding hydrogens is 378 g/mol. The van der Waals surface area contributed by atoms with Crippen LogP contribution in [-0.4, -0.2) is 66.6 Å². The number of carbonyl (C=O) groups is 1. The maximum atomic E-state index is 13.0. The summed E-state index contributed by atoms with van der Waals surface area (Å²) in [4.78, 5) is 26.1. The lowest BCUT2D eigenvalue weighted by Crippen LogP contribution is -2.35. The molecule has 0 aliphatic carbocycles. The summed E-state index contributed by atoms with van der Waals surface area (Å²) in [5.74, 6) is 1.36. The fourth-order valence-corrected chi connectivity index (χ4v) is 3.91. The smallest absolute Gasteiger partial charge is 0.274 e. The molecule has 0 saturated carbocycles. The number of carbonyl (C=O) groups excluding carboxylic acids is 1. The highest BCUT2D eigenvalue weighted by molar-refractivity contribution is 5.92. The van der Waals surface area contributed by atoms with Crippen LogP contribution in [0.15, 0.2) is 42.9 Å². The fraction of sp³-hybridized carbons (Fsp3) is 0.455. The summed E-state index contributed by atoms with van der Waals surface area (Å²) in [7, 11) is 0. The number of H-pyrrole nitrogens is 1. The Morgan fingerprint density at radius 3 is 2.80 bits per heavy atom. The highest BCUT2D eigenvalue weighted by Gasteiger charge is 2.22. The summed E-state index contributed by atoms with van der Waals surface area (Å²) >= 11 is 0. The van der Waals surface area contributed by atoms with E-state index in [1.165, 1.54) is 0 Å². The standard InChI is InChI=1S/C22H29N7O/c1-17(2)21-24-8-11-29(21)16-19-14-20(26-25-19)22(30)28-10-5-9-27(12-13-28)15-18-6-3-4-7-23-18/h3-4,6-8,11,14,17H,5,9-10,12-13,15-16H2,1-2H3,(H,25,26). The van der Waals surface area contributed by atoms with Gasteiger partial charge in [-0.3, -0.25) is 19.8 Å². The molecule has 0 aromatic carbocycles. The fourth-order valence-electron chi connectivity index (χ4n) is 3.91. The van der Waals surface area contributed by atoms with Crippen molar-refractivity contribution in [2.45, 2.75) is 39.3 Å². The molecule has 1 amide bonds. The molecule has 1 aliphatic heterocycles. The van der Waals surface area contributed by atoms with Crippen molar-refractivity contribution in [3.63, 3.8) is 0 Å². The number of imidazole rings is 1. The second kappa shape index (κ2) is 9.21. The molecule has 0 spiro atoms. The average molecular weight is 408 g/mol. The van der Waals surface area contributed by atoms with Gasteiger partial charge in [0.05, 0.1) is 17.9 Å². The van der Waals surface area contributed by atoms with E-state index >= 15 is 0 Å². The van der Waals surface area contributed by atoms with Gasteiger partial charge in [0.15, 0.2) is 0 Å². The lowest BCUT2D eigenvalue weighted by Gasteiger charge is -2.21. The number of nitrogens with zero attached hydrogens (tertiary/aromatic N) is 6. The van der Waals surface area contributed by atoms with Crippen LogP contribution in [0.2, 0.25) is 0 Å². The first-order chi connectivity index (χ1) is 14.6. The van der Waals surface area contributed by atoms with E-state index in [-0.39, 0.29) is 5.91 Å². The van der Waals surface area contributed by atoms with Crippen molar-refractivity contribution in [3.05, 3.63) is 65.8 Å². The van der Waals surface area contributed by atoms with Crippen LogP contribution in [0, 0.1) is 0 Å². The number of amides is 1. The van der Waals surface area contributed by atoms with Crippen molar-refractivity contribution in [2.24, 2.45) is 0 Å². The lowest BCUT2D eigenvalue weighted by molar-refractivity contribution is 0.0755. The Balaban J connectivity index is 1.36. The van der Waals surface area contributed by atoms with E-state index in [9.17, 15) is 4.79 Å². The highest BCUT2D eigenvalue weighted by atomic mass is 16.2. The predicted octanol–water partition coefficient (Wildman–Crippen LogP) is 2.52. The van der Waals surface area contributed by atoms with Crippen molar-refractivity contribution in [2.75, 3.05) is 26.2 Å². The average Bonchev–Trinajstić information content (AvgIpc) is 3.34. The van der Waals surface area contributed by atoms with Gasteiger partial charge in [0.1, 0.15) is 11.5 Å². The first-order valence-electron chi connectivity index (χ1n) is 10.6. The van der Waals surface area contributed by atoms with Crippen LogP contribution in [0.3, 0.4) is 0 Å². The minimum atomic E-state index is -0.00750. The molecule has 8 nitrogen and oxygen atoms in total. The minimum Gasteiger partial charge on any atom is -0.336 e. The summed E-state index contributed by atoms with van der Waals surface area (Å²) in [6, 6.07) is 7.85. The first-order valence-corrected chi connectivity index (χ1v) is 10.6. The maximum Gasteiger partial charge on any atom is 0.274 e. The van der Waals surface area contributed by atoms with Crippen LogP contribution in [0.1, 0.15) is 53.9 Å². The SMILES string of the molecule is CC(C)c1nccn1Cc1cc(C(=O)N2CCCN(Cc3ccccn3)CC2)n[nH]1. The van der Waals surface area contributed by atoms with Crippen molar-refractivity contribution < 1.29 is 4.79 Å². The molecule has 4 heterocycles. The number of aromatic nitrogens is 5. The Hall–Kier alpha value is -3.00. The van der Waals surface area contributed by atoms with Crippen molar-refractivity contribution in [3.8, 4) is 0 Å². The van der Waals surface area contributed by atoms with Gasteiger partial charge in [0.25, 0.3) is 5.91 Å². The van der Waals surface area contributed by atoms with Crippen LogP contribution in [0.25, 0.3) is 0 Å². The van der Waals surface area contributed by atoms with E-state index in [0.29, 0.717) is 24.7 Å². The predicted molar refractivity (Wildman–Crippen MR) is 114 cm³/mol.